The van der Waals surface area contributed by atoms with Crippen molar-refractivity contribution in [2.75, 3.05) is 25.5 Å². The van der Waals surface area contributed by atoms with Gasteiger partial charge in [0.1, 0.15) is 0 Å². The van der Waals surface area contributed by atoms with E-state index in [0.29, 0.717) is 0 Å². The maximum absolute atomic E-state index is 12.6. The maximum Gasteiger partial charge on any atom is 0.253 e. The quantitative estimate of drug-likeness (QED) is 0.886. The van der Waals surface area contributed by atoms with Crippen LogP contribution in [-0.2, 0) is 6.42 Å². The fourth-order valence-corrected chi connectivity index (χ4v) is 2.70. The van der Waals surface area contributed by atoms with Crippen LogP contribution in [0.3, 0.4) is 0 Å². The average molecular weight is 260 g/mol. The summed E-state index contributed by atoms with van der Waals surface area (Å²) in [7, 11) is 1.89. The van der Waals surface area contributed by atoms with Crippen LogP contribution < -0.4 is 5.32 Å². The smallest absolute Gasteiger partial charge is 0.253 e. The Balaban J connectivity index is 2.24. The van der Waals surface area contributed by atoms with Gasteiger partial charge in [-0.25, -0.2) is 0 Å². The lowest BCUT2D eigenvalue weighted by Gasteiger charge is -2.28. The summed E-state index contributed by atoms with van der Waals surface area (Å²) in [5.41, 5.74) is 3.29. The standard InChI is InChI=1S/C16H24N2O/c1-16(2,3)11-18(4)15(19)13-7-5-9-14-12(13)8-6-10-17-14/h5,7,9,17H,6,8,10-11H2,1-4H3. The van der Waals surface area contributed by atoms with Gasteiger partial charge >= 0.3 is 0 Å². The van der Waals surface area contributed by atoms with Gasteiger partial charge in [-0.2, -0.15) is 0 Å². The minimum atomic E-state index is 0.123. The zero-order valence-corrected chi connectivity index (χ0v) is 12.4. The van der Waals surface area contributed by atoms with Gasteiger partial charge in [0.25, 0.3) is 5.91 Å². The van der Waals surface area contributed by atoms with Crippen LogP contribution in [0, 0.1) is 5.41 Å². The Kier molecular flexibility index (Phi) is 3.83. The van der Waals surface area contributed by atoms with Crippen molar-refractivity contribution >= 4 is 11.6 Å². The van der Waals surface area contributed by atoms with E-state index in [1.54, 1.807) is 0 Å². The second-order valence-corrected chi connectivity index (χ2v) is 6.58. The monoisotopic (exact) mass is 260 g/mol. The molecule has 104 valence electrons. The Morgan fingerprint density at radius 1 is 1.37 bits per heavy atom. The van der Waals surface area contributed by atoms with E-state index < -0.39 is 0 Å². The summed E-state index contributed by atoms with van der Waals surface area (Å²) in [5.74, 6) is 0.135. The van der Waals surface area contributed by atoms with E-state index in [1.165, 1.54) is 5.56 Å². The molecule has 0 atom stereocenters. The molecule has 1 heterocycles. The van der Waals surface area contributed by atoms with E-state index >= 15 is 0 Å². The molecule has 3 nitrogen and oxygen atoms in total. The van der Waals surface area contributed by atoms with Gasteiger partial charge < -0.3 is 10.2 Å². The molecule has 1 amide bonds. The summed E-state index contributed by atoms with van der Waals surface area (Å²) in [4.78, 5) is 14.4. The van der Waals surface area contributed by atoms with Crippen molar-refractivity contribution in [3.8, 4) is 0 Å². The second kappa shape index (κ2) is 5.24. The van der Waals surface area contributed by atoms with Gasteiger partial charge in [-0.15, -0.1) is 0 Å². The van der Waals surface area contributed by atoms with E-state index in [0.717, 1.165) is 37.2 Å². The number of nitrogens with zero attached hydrogens (tertiary/aromatic N) is 1. The molecule has 19 heavy (non-hydrogen) atoms. The van der Waals surface area contributed by atoms with Crippen molar-refractivity contribution < 1.29 is 4.79 Å². The molecular formula is C16H24N2O. The SMILES string of the molecule is CN(CC(C)(C)C)C(=O)c1cccc2c1CCCN2. The Bertz CT molecular complexity index is 474. The van der Waals surface area contributed by atoms with Crippen molar-refractivity contribution in [3.63, 3.8) is 0 Å². The fraction of sp³-hybridized carbons (Fsp3) is 0.562. The average Bonchev–Trinajstić information content (AvgIpc) is 2.35. The normalized spacial score (nSPS) is 14.5. The molecule has 0 aromatic heterocycles. The van der Waals surface area contributed by atoms with Gasteiger partial charge in [-0.05, 0) is 36.0 Å². The van der Waals surface area contributed by atoms with Crippen molar-refractivity contribution in [2.45, 2.75) is 33.6 Å². The lowest BCUT2D eigenvalue weighted by molar-refractivity contribution is 0.0744. The number of benzene rings is 1. The van der Waals surface area contributed by atoms with Gasteiger partial charge in [0.05, 0.1) is 0 Å². The Hall–Kier alpha value is -1.51. The minimum absolute atomic E-state index is 0.123. The molecule has 3 heteroatoms. The molecule has 0 bridgehead atoms. The number of carbonyl (C=O) groups excluding carboxylic acids is 1. The van der Waals surface area contributed by atoms with Crippen LogP contribution in [0.15, 0.2) is 18.2 Å². The first-order valence-corrected chi connectivity index (χ1v) is 7.00. The predicted octanol–water partition coefficient (Wildman–Crippen LogP) is 3.16. The molecular weight excluding hydrogens is 236 g/mol. The van der Waals surface area contributed by atoms with Crippen LogP contribution >= 0.6 is 0 Å². The Labute approximate surface area is 116 Å². The molecule has 0 saturated heterocycles. The Morgan fingerprint density at radius 2 is 2.11 bits per heavy atom. The molecule has 0 spiro atoms. The summed E-state index contributed by atoms with van der Waals surface area (Å²) in [6.45, 7) is 8.22. The minimum Gasteiger partial charge on any atom is -0.385 e. The van der Waals surface area contributed by atoms with Gasteiger partial charge in [0.15, 0.2) is 0 Å². The second-order valence-electron chi connectivity index (χ2n) is 6.58. The number of amides is 1. The highest BCUT2D eigenvalue weighted by Gasteiger charge is 2.22. The van der Waals surface area contributed by atoms with E-state index in [4.69, 9.17) is 0 Å². The van der Waals surface area contributed by atoms with Crippen molar-refractivity contribution in [2.24, 2.45) is 5.41 Å². The van der Waals surface area contributed by atoms with Crippen molar-refractivity contribution in [1.29, 1.82) is 0 Å². The van der Waals surface area contributed by atoms with Gasteiger partial charge in [0, 0.05) is 31.4 Å². The highest BCUT2D eigenvalue weighted by atomic mass is 16.2. The third kappa shape index (κ3) is 3.28. The summed E-state index contributed by atoms with van der Waals surface area (Å²) in [6.07, 6.45) is 2.09. The number of anilines is 1. The van der Waals surface area contributed by atoms with Crippen LogP contribution in [-0.4, -0.2) is 30.9 Å². The third-order valence-electron chi connectivity index (χ3n) is 3.38. The maximum atomic E-state index is 12.6. The van der Waals surface area contributed by atoms with Gasteiger partial charge in [-0.1, -0.05) is 26.8 Å². The van der Waals surface area contributed by atoms with Gasteiger partial charge in [-0.3, -0.25) is 4.79 Å². The first kappa shape index (κ1) is 13.9. The van der Waals surface area contributed by atoms with Crippen LogP contribution in [0.2, 0.25) is 0 Å². The lowest BCUT2D eigenvalue weighted by Crippen LogP contribution is -2.35. The molecule has 1 aliphatic rings. The molecule has 0 saturated carbocycles. The van der Waals surface area contributed by atoms with Crippen molar-refractivity contribution in [1.82, 2.24) is 4.90 Å². The third-order valence-corrected chi connectivity index (χ3v) is 3.38. The van der Waals surface area contributed by atoms with E-state index in [2.05, 4.69) is 32.2 Å². The summed E-state index contributed by atoms with van der Waals surface area (Å²) >= 11 is 0. The zero-order chi connectivity index (χ0) is 14.0. The van der Waals surface area contributed by atoms with Gasteiger partial charge in [0.2, 0.25) is 0 Å². The van der Waals surface area contributed by atoms with E-state index in [9.17, 15) is 4.79 Å². The Morgan fingerprint density at radius 3 is 2.79 bits per heavy atom. The first-order chi connectivity index (χ1) is 8.88. The first-order valence-electron chi connectivity index (χ1n) is 7.00. The lowest BCUT2D eigenvalue weighted by atomic mass is 9.94. The summed E-state index contributed by atoms with van der Waals surface area (Å²) < 4.78 is 0. The zero-order valence-electron chi connectivity index (χ0n) is 12.4. The molecule has 0 unspecified atom stereocenters. The number of hydrogen-bond donors (Lipinski definition) is 1. The number of fused-ring (bicyclic) bond motifs is 1. The number of hydrogen-bond acceptors (Lipinski definition) is 2. The number of nitrogens with one attached hydrogen (secondary N) is 1. The predicted molar refractivity (Wildman–Crippen MR) is 79.7 cm³/mol. The number of carbonyl (C=O) groups is 1. The molecule has 2 rings (SSSR count). The molecule has 1 aromatic carbocycles. The number of rotatable bonds is 2. The summed E-state index contributed by atoms with van der Waals surface area (Å²) in [5, 5.41) is 3.37. The van der Waals surface area contributed by atoms with E-state index in [1.807, 2.05) is 24.1 Å². The molecule has 1 aromatic rings. The van der Waals surface area contributed by atoms with E-state index in [-0.39, 0.29) is 11.3 Å². The topological polar surface area (TPSA) is 32.3 Å². The summed E-state index contributed by atoms with van der Waals surface area (Å²) in [6, 6.07) is 5.98. The molecule has 0 aliphatic carbocycles. The van der Waals surface area contributed by atoms with Crippen molar-refractivity contribution in [3.05, 3.63) is 29.3 Å². The van der Waals surface area contributed by atoms with Crippen LogP contribution in [0.25, 0.3) is 0 Å². The highest BCUT2D eigenvalue weighted by Crippen LogP contribution is 2.26. The van der Waals surface area contributed by atoms with Crippen LogP contribution in [0.1, 0.15) is 43.1 Å². The van der Waals surface area contributed by atoms with Crippen LogP contribution in [0.5, 0.6) is 0 Å². The molecule has 1 N–H and O–H groups in total. The highest BCUT2D eigenvalue weighted by molar-refractivity contribution is 5.97. The molecule has 0 radical (unpaired) electrons. The largest absolute Gasteiger partial charge is 0.385 e. The molecule has 1 aliphatic heterocycles. The molecule has 0 fully saturated rings. The fourth-order valence-electron chi connectivity index (χ4n) is 2.70. The van der Waals surface area contributed by atoms with Crippen LogP contribution in [0.4, 0.5) is 5.69 Å².